The fourth-order valence-corrected chi connectivity index (χ4v) is 1.46. The molecule has 0 unspecified atom stereocenters. The zero-order chi connectivity index (χ0) is 13.3. The van der Waals surface area contributed by atoms with Crippen LogP contribution in [0.25, 0.3) is 0 Å². The maximum absolute atomic E-state index is 12.8. The van der Waals surface area contributed by atoms with Gasteiger partial charge in [-0.25, -0.2) is 4.79 Å². The van der Waals surface area contributed by atoms with E-state index in [9.17, 15) is 22.0 Å². The van der Waals surface area contributed by atoms with E-state index in [1.54, 1.807) is 6.92 Å². The summed E-state index contributed by atoms with van der Waals surface area (Å²) in [5, 5.41) is -4.94. The molecule has 0 aromatic heterocycles. The van der Waals surface area contributed by atoms with Crippen LogP contribution in [0.3, 0.4) is 0 Å². The summed E-state index contributed by atoms with van der Waals surface area (Å²) in [6.07, 6.45) is 0.539. The van der Waals surface area contributed by atoms with Crippen molar-refractivity contribution in [2.75, 3.05) is 19.8 Å². The van der Waals surface area contributed by atoms with Crippen molar-refractivity contribution in [1.82, 2.24) is 0 Å². The van der Waals surface area contributed by atoms with Gasteiger partial charge >= 0.3 is 21.3 Å². The first-order chi connectivity index (χ1) is 7.65. The minimum atomic E-state index is -5.80. The van der Waals surface area contributed by atoms with E-state index < -0.39 is 26.8 Å². The lowest BCUT2D eigenvalue weighted by atomic mass is 9.84. The summed E-state index contributed by atoms with van der Waals surface area (Å²) in [6, 6.07) is 0. The lowest BCUT2D eigenvalue weighted by molar-refractivity contribution is -0.183. The largest absolute Gasteiger partial charge is 0.465 e. The summed E-state index contributed by atoms with van der Waals surface area (Å²) < 4.78 is 63.3. The van der Waals surface area contributed by atoms with E-state index in [-0.39, 0.29) is 19.8 Å². The van der Waals surface area contributed by atoms with Gasteiger partial charge in [-0.1, -0.05) is 6.92 Å². The van der Waals surface area contributed by atoms with Crippen molar-refractivity contribution >= 4 is 16.1 Å². The molecule has 1 rings (SSSR count). The second-order valence-corrected chi connectivity index (χ2v) is 5.38. The molecule has 0 bridgehead atoms. The first-order valence-corrected chi connectivity index (χ1v) is 6.18. The summed E-state index contributed by atoms with van der Waals surface area (Å²) in [6.45, 7) is 1.91. The molecule has 1 aliphatic heterocycles. The van der Waals surface area contributed by atoms with Crippen LogP contribution in [0.2, 0.25) is 0 Å². The average molecular weight is 274 g/mol. The summed E-state index contributed by atoms with van der Waals surface area (Å²) in [7, 11) is -5.80. The van der Waals surface area contributed by atoms with Crippen LogP contribution in [0.5, 0.6) is 0 Å². The van der Waals surface area contributed by atoms with Gasteiger partial charge < -0.3 is 9.47 Å². The van der Waals surface area contributed by atoms with Crippen molar-refractivity contribution in [3.8, 4) is 0 Å². The molecule has 0 aliphatic carbocycles. The summed E-state index contributed by atoms with van der Waals surface area (Å²) in [5.41, 5.74) is -0.537. The number of alkyl halides is 2. The number of carbonyl (C=O) groups is 1. The fraction of sp³-hybridized carbons (Fsp3) is 0.875. The smallest absolute Gasteiger partial charge is 0.460 e. The Morgan fingerprint density at radius 1 is 1.53 bits per heavy atom. The Kier molecular flexibility index (Phi) is 3.75. The van der Waals surface area contributed by atoms with Gasteiger partial charge in [0.25, 0.3) is 0 Å². The van der Waals surface area contributed by atoms with Crippen LogP contribution in [0, 0.1) is 5.41 Å². The number of hydrogen-bond donors (Lipinski definition) is 1. The summed E-state index contributed by atoms with van der Waals surface area (Å²) >= 11 is 0. The Hall–Kier alpha value is -0.800. The second kappa shape index (κ2) is 4.46. The molecule has 6 nitrogen and oxygen atoms in total. The monoisotopic (exact) mass is 274 g/mol. The molecule has 0 radical (unpaired) electrons. The highest BCUT2D eigenvalue weighted by Gasteiger charge is 2.55. The molecule has 0 spiro atoms. The molecule has 0 aromatic carbocycles. The Bertz CT molecular complexity index is 395. The van der Waals surface area contributed by atoms with Gasteiger partial charge in [-0.05, 0) is 6.42 Å². The van der Waals surface area contributed by atoms with E-state index in [1.165, 1.54) is 0 Å². The van der Waals surface area contributed by atoms with E-state index in [2.05, 4.69) is 4.74 Å². The minimum absolute atomic E-state index is 0.258. The number of carbonyl (C=O) groups excluding carboxylic acids is 1. The van der Waals surface area contributed by atoms with Gasteiger partial charge in [0.1, 0.15) is 6.61 Å². The standard InChI is InChI=1S/C8H12F2O6S/c1-2-7(3-15-4-7)5-16-6(11)8(9,10)17(12,13)14/h2-5H2,1H3,(H,12,13,14). The first-order valence-electron chi connectivity index (χ1n) is 4.74. The molecule has 1 heterocycles. The highest BCUT2D eigenvalue weighted by atomic mass is 32.2. The molecule has 9 heteroatoms. The van der Waals surface area contributed by atoms with Crippen molar-refractivity contribution in [3.05, 3.63) is 0 Å². The van der Waals surface area contributed by atoms with Crippen LogP contribution in [0.15, 0.2) is 0 Å². The normalized spacial score (nSPS) is 19.5. The van der Waals surface area contributed by atoms with Crippen LogP contribution in [0.4, 0.5) is 8.78 Å². The molecule has 1 aliphatic rings. The zero-order valence-corrected chi connectivity index (χ0v) is 9.80. The minimum Gasteiger partial charge on any atom is -0.460 e. The molecule has 100 valence electrons. The van der Waals surface area contributed by atoms with Crippen LogP contribution in [-0.4, -0.2) is 44.0 Å². The Labute approximate surface area is 96.6 Å². The van der Waals surface area contributed by atoms with Crippen molar-refractivity contribution in [2.24, 2.45) is 5.41 Å². The van der Waals surface area contributed by atoms with Gasteiger partial charge in [0.05, 0.1) is 18.6 Å². The van der Waals surface area contributed by atoms with Crippen molar-refractivity contribution in [2.45, 2.75) is 18.6 Å². The average Bonchev–Trinajstić information content (AvgIpc) is 2.14. The van der Waals surface area contributed by atoms with Crippen LogP contribution in [-0.2, 0) is 24.4 Å². The van der Waals surface area contributed by atoms with Gasteiger partial charge in [-0.3, -0.25) is 4.55 Å². The fourth-order valence-electron chi connectivity index (χ4n) is 1.19. The first kappa shape index (κ1) is 14.3. The quantitative estimate of drug-likeness (QED) is 0.578. The summed E-state index contributed by atoms with van der Waals surface area (Å²) in [5.74, 6) is -2.28. The second-order valence-electron chi connectivity index (χ2n) is 3.91. The third-order valence-electron chi connectivity index (χ3n) is 2.64. The lowest BCUT2D eigenvalue weighted by Crippen LogP contribution is -2.48. The lowest BCUT2D eigenvalue weighted by Gasteiger charge is -2.40. The predicted molar refractivity (Wildman–Crippen MR) is 51.0 cm³/mol. The van der Waals surface area contributed by atoms with E-state index >= 15 is 0 Å². The van der Waals surface area contributed by atoms with Gasteiger partial charge in [-0.2, -0.15) is 17.2 Å². The molecule has 17 heavy (non-hydrogen) atoms. The molecule has 0 aromatic rings. The van der Waals surface area contributed by atoms with Crippen LogP contribution < -0.4 is 0 Å². The molecular weight excluding hydrogens is 262 g/mol. The number of esters is 1. The predicted octanol–water partition coefficient (Wildman–Crippen LogP) is 0.437. The van der Waals surface area contributed by atoms with Gasteiger partial charge in [0.15, 0.2) is 0 Å². The SMILES string of the molecule is CCC1(COC(=O)C(F)(F)S(=O)(=O)O)COC1. The number of halogens is 2. The van der Waals surface area contributed by atoms with Crippen molar-refractivity contribution in [3.63, 3.8) is 0 Å². The molecule has 1 N–H and O–H groups in total. The molecule has 0 saturated carbocycles. The van der Waals surface area contributed by atoms with E-state index in [4.69, 9.17) is 9.29 Å². The maximum Gasteiger partial charge on any atom is 0.465 e. The van der Waals surface area contributed by atoms with Crippen molar-refractivity contribution in [1.29, 1.82) is 0 Å². The van der Waals surface area contributed by atoms with E-state index in [0.29, 0.717) is 6.42 Å². The summed E-state index contributed by atoms with van der Waals surface area (Å²) in [4.78, 5) is 10.9. The molecule has 1 saturated heterocycles. The van der Waals surface area contributed by atoms with Crippen molar-refractivity contribution < 1.29 is 36.0 Å². The number of rotatable bonds is 5. The van der Waals surface area contributed by atoms with Gasteiger partial charge in [0, 0.05) is 0 Å². The van der Waals surface area contributed by atoms with E-state index in [0.717, 1.165) is 0 Å². The molecule has 1 fully saturated rings. The number of ether oxygens (including phenoxy) is 2. The number of hydrogen-bond acceptors (Lipinski definition) is 5. The third-order valence-corrected chi connectivity index (χ3v) is 3.45. The highest BCUT2D eigenvalue weighted by molar-refractivity contribution is 7.87. The van der Waals surface area contributed by atoms with Crippen LogP contribution >= 0.6 is 0 Å². The molecular formula is C8H12F2O6S. The van der Waals surface area contributed by atoms with Crippen LogP contribution in [0.1, 0.15) is 13.3 Å². The van der Waals surface area contributed by atoms with Gasteiger partial charge in [0.2, 0.25) is 0 Å². The molecule has 0 amide bonds. The topological polar surface area (TPSA) is 89.9 Å². The Morgan fingerprint density at radius 3 is 2.35 bits per heavy atom. The van der Waals surface area contributed by atoms with Gasteiger partial charge in [-0.15, -0.1) is 0 Å². The zero-order valence-electron chi connectivity index (χ0n) is 8.98. The highest BCUT2D eigenvalue weighted by Crippen LogP contribution is 2.32. The third kappa shape index (κ3) is 2.72. The van der Waals surface area contributed by atoms with E-state index in [1.807, 2.05) is 0 Å². The molecule has 0 atom stereocenters. The maximum atomic E-state index is 12.8. The Balaban J connectivity index is 2.62. The Morgan fingerprint density at radius 2 is 2.06 bits per heavy atom.